The van der Waals surface area contributed by atoms with Gasteiger partial charge in [0.2, 0.25) is 0 Å². The van der Waals surface area contributed by atoms with Crippen LogP contribution >= 0.6 is 22.7 Å². The van der Waals surface area contributed by atoms with Gasteiger partial charge < -0.3 is 19.9 Å². The fourth-order valence-corrected chi connectivity index (χ4v) is 8.09. The van der Waals surface area contributed by atoms with Gasteiger partial charge in [0, 0.05) is 40.6 Å². The average molecular weight is 716 g/mol. The van der Waals surface area contributed by atoms with Gasteiger partial charge in [0.25, 0.3) is 17.0 Å². The summed E-state index contributed by atoms with van der Waals surface area (Å²) >= 11 is 2.72. The minimum absolute atomic E-state index is 0.0111. The van der Waals surface area contributed by atoms with Crippen LogP contribution in [0.25, 0.3) is 52.2 Å². The molecule has 6 aromatic heterocycles. The molecular formula is C36H29N9O4S2. The fourth-order valence-electron chi connectivity index (χ4n) is 6.00. The molecule has 0 fully saturated rings. The van der Waals surface area contributed by atoms with Crippen molar-refractivity contribution >= 4 is 86.5 Å². The van der Waals surface area contributed by atoms with Crippen LogP contribution < -0.4 is 31.0 Å². The van der Waals surface area contributed by atoms with Crippen molar-refractivity contribution in [1.29, 1.82) is 0 Å². The van der Waals surface area contributed by atoms with Crippen LogP contribution in [-0.2, 0) is 4.79 Å². The van der Waals surface area contributed by atoms with Crippen LogP contribution in [0.1, 0.15) is 0 Å². The third-order valence-electron chi connectivity index (χ3n) is 8.39. The second kappa shape index (κ2) is 12.6. The number of aromatic nitrogens is 6. The van der Waals surface area contributed by atoms with Crippen molar-refractivity contribution in [3.63, 3.8) is 0 Å². The second-order valence-electron chi connectivity index (χ2n) is 12.1. The van der Waals surface area contributed by atoms with E-state index in [9.17, 15) is 14.4 Å². The molecule has 1 aliphatic heterocycles. The summed E-state index contributed by atoms with van der Waals surface area (Å²) in [5, 5.41) is 4.57. The Balaban J connectivity index is 0.000000150. The monoisotopic (exact) mass is 715 g/mol. The molecule has 0 radical (unpaired) electrons. The molecule has 1 aliphatic rings. The first-order valence-electron chi connectivity index (χ1n) is 15.7. The first-order valence-corrected chi connectivity index (χ1v) is 17.4. The van der Waals surface area contributed by atoms with Crippen LogP contribution in [0.3, 0.4) is 0 Å². The van der Waals surface area contributed by atoms with Crippen LogP contribution in [0.5, 0.6) is 5.75 Å². The van der Waals surface area contributed by atoms with Gasteiger partial charge in [-0.05, 0) is 42.5 Å². The maximum Gasteiger partial charge on any atom is 0.275 e. The lowest BCUT2D eigenvalue weighted by atomic mass is 10.2. The zero-order valence-electron chi connectivity index (χ0n) is 27.8. The molecule has 0 unspecified atom stereocenters. The van der Waals surface area contributed by atoms with Gasteiger partial charge in [0.15, 0.2) is 6.61 Å². The van der Waals surface area contributed by atoms with Gasteiger partial charge in [-0.15, -0.1) is 22.7 Å². The highest BCUT2D eigenvalue weighted by atomic mass is 32.1. The Kier molecular flexibility index (Phi) is 7.92. The van der Waals surface area contributed by atoms with Crippen LogP contribution in [-0.4, -0.2) is 69.8 Å². The number of carbonyl (C=O) groups is 1. The lowest BCUT2D eigenvalue weighted by molar-refractivity contribution is -0.118. The van der Waals surface area contributed by atoms with Crippen molar-refractivity contribution < 1.29 is 9.53 Å². The molecule has 1 N–H and O–H groups in total. The van der Waals surface area contributed by atoms with Crippen molar-refractivity contribution in [3.8, 4) is 17.1 Å². The predicted octanol–water partition coefficient (Wildman–Crippen LogP) is 5.45. The maximum absolute atomic E-state index is 13.2. The van der Waals surface area contributed by atoms with Crippen molar-refractivity contribution in [2.24, 2.45) is 0 Å². The molecule has 15 heteroatoms. The predicted molar refractivity (Wildman–Crippen MR) is 204 cm³/mol. The molecule has 0 saturated carbocycles. The minimum atomic E-state index is -0.225. The maximum atomic E-state index is 13.2. The number of fused-ring (bicyclic) bond motifs is 7. The first-order chi connectivity index (χ1) is 24.7. The Bertz CT molecular complexity index is 2770. The summed E-state index contributed by atoms with van der Waals surface area (Å²) in [6, 6.07) is 18.6. The smallest absolute Gasteiger partial charge is 0.275 e. The van der Waals surface area contributed by atoms with E-state index in [1.165, 1.54) is 33.6 Å². The van der Waals surface area contributed by atoms with Crippen molar-refractivity contribution in [1.82, 2.24) is 29.1 Å². The van der Waals surface area contributed by atoms with Gasteiger partial charge in [-0.2, -0.15) is 0 Å². The number of nitrogens with zero attached hydrogens (tertiary/aromatic N) is 8. The van der Waals surface area contributed by atoms with E-state index < -0.39 is 0 Å². The number of para-hydroxylation sites is 1. The van der Waals surface area contributed by atoms with E-state index in [2.05, 4.69) is 25.3 Å². The first kappa shape index (κ1) is 32.0. The van der Waals surface area contributed by atoms with Crippen molar-refractivity contribution in [2.75, 3.05) is 49.9 Å². The highest BCUT2D eigenvalue weighted by Crippen LogP contribution is 2.37. The summed E-state index contributed by atoms with van der Waals surface area (Å²) in [5.74, 6) is 0.351. The summed E-state index contributed by atoms with van der Waals surface area (Å²) in [5.41, 5.74) is 5.06. The number of amides is 1. The van der Waals surface area contributed by atoms with Crippen molar-refractivity contribution in [2.45, 2.75) is 0 Å². The number of hydrogen-bond acceptors (Lipinski definition) is 12. The molecular weight excluding hydrogens is 687 g/mol. The van der Waals surface area contributed by atoms with E-state index in [-0.39, 0.29) is 23.6 Å². The molecule has 0 bridgehead atoms. The summed E-state index contributed by atoms with van der Waals surface area (Å²) < 4.78 is 9.59. The topological polar surface area (TPSA) is 140 Å². The van der Waals surface area contributed by atoms with Gasteiger partial charge >= 0.3 is 0 Å². The Morgan fingerprint density at radius 3 is 1.78 bits per heavy atom. The van der Waals surface area contributed by atoms with E-state index in [4.69, 9.17) is 4.74 Å². The quantitative estimate of drug-likeness (QED) is 0.250. The van der Waals surface area contributed by atoms with E-state index in [1.54, 1.807) is 41.5 Å². The number of pyridine rings is 2. The highest BCUT2D eigenvalue weighted by Gasteiger charge is 2.20. The largest absolute Gasteiger partial charge is 0.482 e. The van der Waals surface area contributed by atoms with E-state index in [1.807, 2.05) is 80.5 Å². The SMILES string of the molecule is CN(C)c1ccnc2sc3c(=O)n(-c4ccc5c(c4)NC(=O)CO5)cnc3c12.CN(C)c1ccnc2sc3c(=O)n(-c4ccccc4)cnc3c12. The molecule has 51 heavy (non-hydrogen) atoms. The number of hydrogen-bond donors (Lipinski definition) is 1. The average Bonchev–Trinajstić information content (AvgIpc) is 3.72. The molecule has 254 valence electrons. The number of benzene rings is 2. The van der Waals surface area contributed by atoms with Gasteiger partial charge in [0.05, 0.1) is 50.2 Å². The molecule has 0 atom stereocenters. The van der Waals surface area contributed by atoms with E-state index in [0.717, 1.165) is 43.0 Å². The molecule has 9 rings (SSSR count). The lowest BCUT2D eigenvalue weighted by Crippen LogP contribution is -2.26. The van der Waals surface area contributed by atoms with E-state index >= 15 is 0 Å². The highest BCUT2D eigenvalue weighted by molar-refractivity contribution is 7.25. The standard InChI is InChI=1S/C19H15N5O3S.C17H14N4OS/c1-23(2)12-5-6-20-18-15(12)16-17(28-18)19(26)24(9-21-16)10-3-4-13-11(7-10)22-14(25)8-27-13;1-20(2)12-8-9-18-16-13(12)14-15(23-16)17(22)21(10-19-14)11-6-4-3-5-7-11/h3-7,9H,8H2,1-2H3,(H,22,25);3-10H,1-2H3. The van der Waals surface area contributed by atoms with Crippen LogP contribution in [0.2, 0.25) is 0 Å². The Morgan fingerprint density at radius 2 is 1.24 bits per heavy atom. The van der Waals surface area contributed by atoms with Gasteiger partial charge in [0.1, 0.15) is 37.5 Å². The third-order valence-corrected chi connectivity index (χ3v) is 10.5. The molecule has 7 heterocycles. The van der Waals surface area contributed by atoms with Crippen molar-refractivity contribution in [3.05, 3.63) is 106 Å². The Hall–Kier alpha value is -6.19. The molecule has 1 amide bonds. The second-order valence-corrected chi connectivity index (χ2v) is 14.1. The summed E-state index contributed by atoms with van der Waals surface area (Å²) in [6.45, 7) is -0.0111. The molecule has 13 nitrogen and oxygen atoms in total. The number of rotatable bonds is 4. The van der Waals surface area contributed by atoms with Crippen LogP contribution in [0.15, 0.2) is 95.3 Å². The zero-order chi connectivity index (χ0) is 35.4. The van der Waals surface area contributed by atoms with Gasteiger partial charge in [-0.25, -0.2) is 19.9 Å². The molecule has 0 aliphatic carbocycles. The Labute approximate surface area is 297 Å². The summed E-state index contributed by atoms with van der Waals surface area (Å²) in [6.07, 6.45) is 6.61. The molecule has 0 spiro atoms. The summed E-state index contributed by atoms with van der Waals surface area (Å²) in [4.78, 5) is 61.2. The Morgan fingerprint density at radius 1 is 0.686 bits per heavy atom. The van der Waals surface area contributed by atoms with E-state index in [0.29, 0.717) is 32.0 Å². The number of thiophene rings is 2. The number of anilines is 3. The molecule has 0 saturated heterocycles. The van der Waals surface area contributed by atoms with Crippen LogP contribution in [0.4, 0.5) is 17.1 Å². The van der Waals surface area contributed by atoms with Gasteiger partial charge in [-0.1, -0.05) is 18.2 Å². The van der Waals surface area contributed by atoms with Gasteiger partial charge in [-0.3, -0.25) is 23.5 Å². The molecule has 8 aromatic rings. The zero-order valence-corrected chi connectivity index (χ0v) is 29.5. The number of ether oxygens (including phenoxy) is 1. The van der Waals surface area contributed by atoms with Crippen LogP contribution in [0, 0.1) is 0 Å². The summed E-state index contributed by atoms with van der Waals surface area (Å²) in [7, 11) is 7.85. The minimum Gasteiger partial charge on any atom is -0.482 e. The fraction of sp³-hybridized carbons (Fsp3) is 0.139. The number of carbonyl (C=O) groups excluding carboxylic acids is 1. The number of nitrogens with one attached hydrogen (secondary N) is 1. The third kappa shape index (κ3) is 5.52. The lowest BCUT2D eigenvalue weighted by Gasteiger charge is -2.18. The molecule has 2 aromatic carbocycles. The normalized spacial score (nSPS) is 12.4.